The predicted octanol–water partition coefficient (Wildman–Crippen LogP) is 4.91. The predicted molar refractivity (Wildman–Crippen MR) is 112 cm³/mol. The van der Waals surface area contributed by atoms with Crippen LogP contribution in [-0.2, 0) is 10.0 Å². The molecule has 0 saturated carbocycles. The van der Waals surface area contributed by atoms with Crippen molar-refractivity contribution in [3.8, 4) is 17.0 Å². The van der Waals surface area contributed by atoms with Crippen molar-refractivity contribution in [1.82, 2.24) is 4.57 Å². The number of aryl methyl sites for hydroxylation is 1. The number of aromatic hydroxyl groups is 1. The summed E-state index contributed by atoms with van der Waals surface area (Å²) >= 11 is 0. The Kier molecular flexibility index (Phi) is 4.95. The summed E-state index contributed by atoms with van der Waals surface area (Å²) in [6.45, 7) is 8.34. The molecule has 0 aliphatic heterocycles. The van der Waals surface area contributed by atoms with Crippen molar-refractivity contribution < 1.29 is 13.5 Å². The summed E-state index contributed by atoms with van der Waals surface area (Å²) in [7, 11) is -3.33. The van der Waals surface area contributed by atoms with Crippen LogP contribution in [0.1, 0.15) is 32.4 Å². The Morgan fingerprint density at radius 3 is 2.41 bits per heavy atom. The Morgan fingerprint density at radius 2 is 1.78 bits per heavy atom. The zero-order valence-corrected chi connectivity index (χ0v) is 17.1. The van der Waals surface area contributed by atoms with Crippen LogP contribution >= 0.6 is 0 Å². The average Bonchev–Trinajstić information content (AvgIpc) is 2.90. The van der Waals surface area contributed by atoms with Crippen LogP contribution < -0.4 is 4.72 Å². The fourth-order valence-corrected chi connectivity index (χ4v) is 3.89. The molecule has 2 aromatic carbocycles. The van der Waals surface area contributed by atoms with E-state index in [-0.39, 0.29) is 6.04 Å². The summed E-state index contributed by atoms with van der Waals surface area (Å²) in [5.74, 6) is 0.694. The van der Waals surface area contributed by atoms with Crippen molar-refractivity contribution in [3.63, 3.8) is 0 Å². The number of hydrogen-bond donors (Lipinski definition) is 2. The molecule has 0 aliphatic rings. The van der Waals surface area contributed by atoms with E-state index in [2.05, 4.69) is 25.5 Å². The molecule has 0 fully saturated rings. The van der Waals surface area contributed by atoms with Gasteiger partial charge in [-0.1, -0.05) is 32.0 Å². The maximum Gasteiger partial charge on any atom is 0.229 e. The standard InChI is InChI=1S/C21H26N2O3S/c1-13(2)15(4)23-12-18-10-17(9-14(3)20(18)21(23)24)16-7-6-8-19(11-16)22-27(5,25)26/h6-13,15,22,24H,1-5H3. The van der Waals surface area contributed by atoms with Gasteiger partial charge in [0.05, 0.1) is 6.26 Å². The molecular weight excluding hydrogens is 360 g/mol. The van der Waals surface area contributed by atoms with E-state index in [1.54, 1.807) is 6.07 Å². The highest BCUT2D eigenvalue weighted by molar-refractivity contribution is 7.92. The number of fused-ring (bicyclic) bond motifs is 1. The van der Waals surface area contributed by atoms with Crippen LogP contribution in [-0.4, -0.2) is 24.3 Å². The van der Waals surface area contributed by atoms with Gasteiger partial charge in [0.2, 0.25) is 10.0 Å². The molecule has 3 aromatic rings. The summed E-state index contributed by atoms with van der Waals surface area (Å²) in [5, 5.41) is 12.5. The first kappa shape index (κ1) is 19.3. The molecule has 5 nitrogen and oxygen atoms in total. The van der Waals surface area contributed by atoms with Gasteiger partial charge in [-0.15, -0.1) is 0 Å². The lowest BCUT2D eigenvalue weighted by atomic mass is 9.99. The lowest BCUT2D eigenvalue weighted by Gasteiger charge is -2.18. The normalized spacial score (nSPS) is 13.3. The Hall–Kier alpha value is -2.47. The van der Waals surface area contributed by atoms with E-state index < -0.39 is 10.0 Å². The first-order valence-electron chi connectivity index (χ1n) is 8.99. The molecule has 0 aliphatic carbocycles. The molecule has 0 amide bonds. The van der Waals surface area contributed by atoms with Gasteiger partial charge in [-0.05, 0) is 54.7 Å². The number of nitrogens with one attached hydrogen (secondary N) is 1. The van der Waals surface area contributed by atoms with E-state index in [4.69, 9.17) is 0 Å². The molecule has 1 heterocycles. The van der Waals surface area contributed by atoms with E-state index in [0.717, 1.165) is 33.7 Å². The van der Waals surface area contributed by atoms with E-state index >= 15 is 0 Å². The van der Waals surface area contributed by atoms with E-state index in [9.17, 15) is 13.5 Å². The minimum Gasteiger partial charge on any atom is -0.494 e. The van der Waals surface area contributed by atoms with Crippen molar-refractivity contribution in [1.29, 1.82) is 0 Å². The highest BCUT2D eigenvalue weighted by Crippen LogP contribution is 2.37. The van der Waals surface area contributed by atoms with Crippen LogP contribution in [0.25, 0.3) is 21.9 Å². The summed E-state index contributed by atoms with van der Waals surface area (Å²) in [4.78, 5) is 0. The zero-order chi connectivity index (χ0) is 19.9. The van der Waals surface area contributed by atoms with Gasteiger partial charge in [-0.25, -0.2) is 8.42 Å². The van der Waals surface area contributed by atoms with Crippen LogP contribution in [0.4, 0.5) is 5.69 Å². The van der Waals surface area contributed by atoms with Gasteiger partial charge in [-0.3, -0.25) is 4.72 Å². The number of sulfonamides is 1. The summed E-state index contributed by atoms with van der Waals surface area (Å²) < 4.78 is 27.4. The number of aromatic nitrogens is 1. The first-order valence-corrected chi connectivity index (χ1v) is 10.9. The van der Waals surface area contributed by atoms with Gasteiger partial charge in [0.1, 0.15) is 0 Å². The van der Waals surface area contributed by atoms with Gasteiger partial charge in [-0.2, -0.15) is 0 Å². The molecule has 27 heavy (non-hydrogen) atoms. The SMILES string of the molecule is Cc1cc(-c2cccc(NS(C)(=O)=O)c2)cc2cn(C(C)C(C)C)c(O)c12. The molecule has 144 valence electrons. The minimum atomic E-state index is -3.33. The third kappa shape index (κ3) is 3.95. The second-order valence-corrected chi connectivity index (χ2v) is 9.31. The van der Waals surface area contributed by atoms with Crippen LogP contribution in [0.3, 0.4) is 0 Å². The molecule has 1 aromatic heterocycles. The van der Waals surface area contributed by atoms with E-state index in [1.807, 2.05) is 48.0 Å². The maximum atomic E-state index is 11.5. The zero-order valence-electron chi connectivity index (χ0n) is 16.3. The monoisotopic (exact) mass is 386 g/mol. The highest BCUT2D eigenvalue weighted by atomic mass is 32.2. The first-order chi connectivity index (χ1) is 12.6. The molecule has 0 radical (unpaired) electrons. The van der Waals surface area contributed by atoms with Gasteiger partial charge >= 0.3 is 0 Å². The van der Waals surface area contributed by atoms with Crippen molar-refractivity contribution in [2.24, 2.45) is 5.92 Å². The Balaban J connectivity index is 2.11. The topological polar surface area (TPSA) is 71.3 Å². The molecule has 0 spiro atoms. The molecule has 1 unspecified atom stereocenters. The smallest absolute Gasteiger partial charge is 0.229 e. The summed E-state index contributed by atoms with van der Waals surface area (Å²) in [6, 6.07) is 11.5. The van der Waals surface area contributed by atoms with Crippen LogP contribution in [0.2, 0.25) is 0 Å². The van der Waals surface area contributed by atoms with Crippen molar-refractivity contribution in [2.45, 2.75) is 33.7 Å². The van der Waals surface area contributed by atoms with Gasteiger partial charge < -0.3 is 9.67 Å². The lowest BCUT2D eigenvalue weighted by molar-refractivity contribution is 0.346. The highest BCUT2D eigenvalue weighted by Gasteiger charge is 2.18. The fraction of sp³-hybridized carbons (Fsp3) is 0.333. The number of nitrogens with zero attached hydrogens (tertiary/aromatic N) is 1. The largest absolute Gasteiger partial charge is 0.494 e. The van der Waals surface area contributed by atoms with Crippen molar-refractivity contribution in [2.75, 3.05) is 11.0 Å². The van der Waals surface area contributed by atoms with Crippen LogP contribution in [0, 0.1) is 12.8 Å². The summed E-state index contributed by atoms with van der Waals surface area (Å²) in [5.41, 5.74) is 3.40. The van der Waals surface area contributed by atoms with Gasteiger partial charge in [0.15, 0.2) is 5.88 Å². The number of rotatable bonds is 5. The fourth-order valence-electron chi connectivity index (χ4n) is 3.34. The molecule has 0 bridgehead atoms. The third-order valence-corrected chi connectivity index (χ3v) is 5.62. The second-order valence-electron chi connectivity index (χ2n) is 7.56. The van der Waals surface area contributed by atoms with E-state index in [0.29, 0.717) is 17.5 Å². The molecule has 2 N–H and O–H groups in total. The lowest BCUT2D eigenvalue weighted by Crippen LogP contribution is -2.09. The Labute approximate surface area is 160 Å². The van der Waals surface area contributed by atoms with Crippen molar-refractivity contribution in [3.05, 3.63) is 48.2 Å². The minimum absolute atomic E-state index is 0.183. The van der Waals surface area contributed by atoms with Gasteiger partial charge in [0.25, 0.3) is 0 Å². The van der Waals surface area contributed by atoms with Gasteiger partial charge in [0, 0.05) is 28.7 Å². The molecule has 0 saturated heterocycles. The second kappa shape index (κ2) is 6.93. The number of anilines is 1. The molecule has 3 rings (SSSR count). The third-order valence-electron chi connectivity index (χ3n) is 5.02. The van der Waals surface area contributed by atoms with Crippen LogP contribution in [0.15, 0.2) is 42.6 Å². The quantitative estimate of drug-likeness (QED) is 0.654. The number of benzene rings is 2. The summed E-state index contributed by atoms with van der Waals surface area (Å²) in [6.07, 6.45) is 3.13. The van der Waals surface area contributed by atoms with E-state index in [1.165, 1.54) is 0 Å². The Morgan fingerprint density at radius 1 is 1.07 bits per heavy atom. The molecule has 6 heteroatoms. The number of hydrogen-bond acceptors (Lipinski definition) is 3. The van der Waals surface area contributed by atoms with Crippen LogP contribution in [0.5, 0.6) is 5.88 Å². The average molecular weight is 387 g/mol. The maximum absolute atomic E-state index is 11.5. The van der Waals surface area contributed by atoms with Crippen molar-refractivity contribution >= 4 is 26.5 Å². The molecule has 1 atom stereocenters. The Bertz CT molecular complexity index is 1100. The molecular formula is C21H26N2O3S.